The van der Waals surface area contributed by atoms with Gasteiger partial charge in [0.15, 0.2) is 0 Å². The Hall–Kier alpha value is -2.57. The van der Waals surface area contributed by atoms with E-state index in [1.54, 1.807) is 36.3 Å². The molecular formula is C19H25N3O4. The summed E-state index contributed by atoms with van der Waals surface area (Å²) in [6, 6.07) is 5.67. The lowest BCUT2D eigenvalue weighted by molar-refractivity contribution is -0.147. The zero-order chi connectivity index (χ0) is 18.8. The van der Waals surface area contributed by atoms with Crippen molar-refractivity contribution in [3.8, 4) is 5.75 Å². The number of hydrogen-bond acceptors (Lipinski definition) is 4. The van der Waals surface area contributed by atoms with E-state index in [4.69, 9.17) is 4.74 Å². The lowest BCUT2D eigenvalue weighted by Gasteiger charge is -2.35. The number of nitrogens with one attached hydrogen (secondary N) is 2. The minimum Gasteiger partial charge on any atom is -0.497 e. The van der Waals surface area contributed by atoms with E-state index >= 15 is 0 Å². The minimum atomic E-state index is -0.499. The maximum Gasteiger partial charge on any atom is 0.251 e. The summed E-state index contributed by atoms with van der Waals surface area (Å²) >= 11 is 0. The van der Waals surface area contributed by atoms with Gasteiger partial charge in [-0.05, 0) is 37.0 Å². The molecule has 0 spiro atoms. The van der Waals surface area contributed by atoms with E-state index in [-0.39, 0.29) is 23.8 Å². The normalized spacial score (nSPS) is 25.1. The first-order chi connectivity index (χ1) is 12.4. The van der Waals surface area contributed by atoms with Crippen LogP contribution in [-0.4, -0.2) is 54.4 Å². The number of amides is 3. The van der Waals surface area contributed by atoms with Crippen molar-refractivity contribution in [1.82, 2.24) is 15.5 Å². The van der Waals surface area contributed by atoms with E-state index in [1.807, 2.05) is 13.8 Å². The van der Waals surface area contributed by atoms with Crippen molar-refractivity contribution in [2.45, 2.75) is 44.8 Å². The van der Waals surface area contributed by atoms with Crippen molar-refractivity contribution in [3.05, 3.63) is 29.8 Å². The van der Waals surface area contributed by atoms with Crippen LogP contribution < -0.4 is 15.4 Å². The number of hydrogen-bond donors (Lipinski definition) is 2. The molecule has 2 N–H and O–H groups in total. The average Bonchev–Trinajstić information content (AvgIpc) is 3.03. The number of rotatable bonds is 5. The van der Waals surface area contributed by atoms with Crippen LogP contribution in [0, 0.1) is 5.92 Å². The molecule has 2 aliphatic rings. The van der Waals surface area contributed by atoms with Gasteiger partial charge in [-0.2, -0.15) is 0 Å². The molecule has 7 nitrogen and oxygen atoms in total. The number of fused-ring (bicyclic) bond motifs is 1. The van der Waals surface area contributed by atoms with Crippen molar-refractivity contribution in [1.29, 1.82) is 0 Å². The van der Waals surface area contributed by atoms with Gasteiger partial charge in [-0.15, -0.1) is 0 Å². The molecule has 3 rings (SSSR count). The Morgan fingerprint density at radius 2 is 2.15 bits per heavy atom. The minimum absolute atomic E-state index is 0.0542. The smallest absolute Gasteiger partial charge is 0.251 e. The van der Waals surface area contributed by atoms with Crippen LogP contribution in [-0.2, 0) is 9.59 Å². The predicted molar refractivity (Wildman–Crippen MR) is 95.8 cm³/mol. The van der Waals surface area contributed by atoms with Gasteiger partial charge >= 0.3 is 0 Å². The predicted octanol–water partition coefficient (Wildman–Crippen LogP) is 0.939. The van der Waals surface area contributed by atoms with E-state index in [1.165, 1.54) is 0 Å². The molecule has 2 fully saturated rings. The summed E-state index contributed by atoms with van der Waals surface area (Å²) in [6.45, 7) is 4.40. The van der Waals surface area contributed by atoms with Gasteiger partial charge in [0.05, 0.1) is 7.11 Å². The molecule has 0 saturated carbocycles. The third-order valence-electron chi connectivity index (χ3n) is 4.88. The number of piperazine rings is 1. The first kappa shape index (κ1) is 18.2. The Labute approximate surface area is 153 Å². The summed E-state index contributed by atoms with van der Waals surface area (Å²) < 4.78 is 5.14. The molecule has 1 aromatic rings. The molecule has 0 aliphatic carbocycles. The molecule has 26 heavy (non-hydrogen) atoms. The van der Waals surface area contributed by atoms with Crippen LogP contribution in [0.25, 0.3) is 0 Å². The lowest BCUT2D eigenvalue weighted by Crippen LogP contribution is -2.61. The highest BCUT2D eigenvalue weighted by molar-refractivity contribution is 5.98. The molecule has 3 atom stereocenters. The second-order valence-corrected chi connectivity index (χ2v) is 7.34. The van der Waals surface area contributed by atoms with Gasteiger partial charge in [0.2, 0.25) is 11.8 Å². The Morgan fingerprint density at radius 3 is 2.85 bits per heavy atom. The van der Waals surface area contributed by atoms with E-state index in [2.05, 4.69) is 10.6 Å². The van der Waals surface area contributed by atoms with Crippen molar-refractivity contribution in [2.24, 2.45) is 5.92 Å². The molecule has 0 radical (unpaired) electrons. The number of carbonyl (C=O) groups is 3. The van der Waals surface area contributed by atoms with Crippen LogP contribution in [0.5, 0.6) is 5.75 Å². The highest BCUT2D eigenvalue weighted by atomic mass is 16.5. The number of benzene rings is 1. The third-order valence-corrected chi connectivity index (χ3v) is 4.88. The quantitative estimate of drug-likeness (QED) is 0.819. The standard InChI is InChI=1S/C19H25N3O4/c1-11(2)7-15-19(25)22-10-13(9-16(22)18(24)21-15)20-17(23)12-5-4-6-14(8-12)26-3/h4-6,8,11,13,15-16H,7,9-10H2,1-3H3,(H,20,23)(H,21,24)/t13-,15-,16-/m0/s1. The highest BCUT2D eigenvalue weighted by Gasteiger charge is 2.46. The Morgan fingerprint density at radius 1 is 1.38 bits per heavy atom. The molecule has 0 unspecified atom stereocenters. The average molecular weight is 359 g/mol. The van der Waals surface area contributed by atoms with Gasteiger partial charge in [-0.1, -0.05) is 19.9 Å². The Kier molecular flexibility index (Phi) is 5.15. The summed E-state index contributed by atoms with van der Waals surface area (Å²) in [6.07, 6.45) is 1.05. The van der Waals surface area contributed by atoms with Crippen molar-refractivity contribution in [2.75, 3.05) is 13.7 Å². The molecule has 1 aromatic carbocycles. The molecule has 3 amide bonds. The van der Waals surface area contributed by atoms with Crippen molar-refractivity contribution < 1.29 is 19.1 Å². The summed E-state index contributed by atoms with van der Waals surface area (Å²) in [7, 11) is 1.55. The molecular weight excluding hydrogens is 334 g/mol. The van der Waals surface area contributed by atoms with Crippen LogP contribution >= 0.6 is 0 Å². The van der Waals surface area contributed by atoms with Gasteiger partial charge in [0.25, 0.3) is 5.91 Å². The Balaban J connectivity index is 1.66. The van der Waals surface area contributed by atoms with Gasteiger partial charge in [-0.25, -0.2) is 0 Å². The Bertz CT molecular complexity index is 718. The van der Waals surface area contributed by atoms with Gasteiger partial charge in [0.1, 0.15) is 17.8 Å². The van der Waals surface area contributed by atoms with Crippen molar-refractivity contribution in [3.63, 3.8) is 0 Å². The maximum absolute atomic E-state index is 12.7. The molecule has 2 saturated heterocycles. The van der Waals surface area contributed by atoms with Crippen molar-refractivity contribution >= 4 is 17.7 Å². The first-order valence-electron chi connectivity index (χ1n) is 8.94. The van der Waals surface area contributed by atoms with Crippen LogP contribution in [0.3, 0.4) is 0 Å². The molecule has 7 heteroatoms. The zero-order valence-corrected chi connectivity index (χ0v) is 15.3. The summed E-state index contributed by atoms with van der Waals surface area (Å²) in [5.74, 6) is 0.495. The van der Waals surface area contributed by atoms with Gasteiger partial charge in [-0.3, -0.25) is 14.4 Å². The molecule has 2 aliphatic heterocycles. The SMILES string of the molecule is COc1cccc(C(=O)N[C@H]2C[C@H]3C(=O)N[C@@H](CC(C)C)C(=O)N3C2)c1. The number of methoxy groups -OCH3 is 1. The molecule has 0 bridgehead atoms. The molecule has 140 valence electrons. The fraction of sp³-hybridized carbons (Fsp3) is 0.526. The van der Waals surface area contributed by atoms with E-state index in [0.29, 0.717) is 36.6 Å². The van der Waals surface area contributed by atoms with E-state index < -0.39 is 12.1 Å². The molecule has 2 heterocycles. The topological polar surface area (TPSA) is 87.7 Å². The fourth-order valence-electron chi connectivity index (χ4n) is 3.63. The third kappa shape index (κ3) is 3.66. The van der Waals surface area contributed by atoms with Gasteiger partial charge < -0.3 is 20.3 Å². The summed E-state index contributed by atoms with van der Waals surface area (Å²) in [4.78, 5) is 39.1. The van der Waals surface area contributed by atoms with Gasteiger partial charge in [0, 0.05) is 18.2 Å². The second kappa shape index (κ2) is 7.35. The first-order valence-corrected chi connectivity index (χ1v) is 8.94. The fourth-order valence-corrected chi connectivity index (χ4v) is 3.63. The van der Waals surface area contributed by atoms with Crippen LogP contribution in [0.15, 0.2) is 24.3 Å². The number of carbonyl (C=O) groups excluding carboxylic acids is 3. The molecule has 0 aromatic heterocycles. The number of nitrogens with zero attached hydrogens (tertiary/aromatic N) is 1. The summed E-state index contributed by atoms with van der Waals surface area (Å²) in [5.41, 5.74) is 0.489. The van der Waals surface area contributed by atoms with Crippen LogP contribution in [0.1, 0.15) is 37.0 Å². The van der Waals surface area contributed by atoms with E-state index in [9.17, 15) is 14.4 Å². The zero-order valence-electron chi connectivity index (χ0n) is 15.3. The van der Waals surface area contributed by atoms with E-state index in [0.717, 1.165) is 0 Å². The second-order valence-electron chi connectivity index (χ2n) is 7.34. The monoisotopic (exact) mass is 359 g/mol. The highest BCUT2D eigenvalue weighted by Crippen LogP contribution is 2.25. The largest absolute Gasteiger partial charge is 0.497 e. The number of ether oxygens (including phenoxy) is 1. The van der Waals surface area contributed by atoms with Crippen LogP contribution in [0.2, 0.25) is 0 Å². The maximum atomic E-state index is 12.7. The lowest BCUT2D eigenvalue weighted by atomic mass is 9.99. The van der Waals surface area contributed by atoms with Crippen LogP contribution in [0.4, 0.5) is 0 Å². The summed E-state index contributed by atoms with van der Waals surface area (Å²) in [5, 5.41) is 5.76.